The monoisotopic (exact) mass is 360 g/mol. The van der Waals surface area contributed by atoms with Crippen LogP contribution in [0.2, 0.25) is 0 Å². The van der Waals surface area contributed by atoms with Gasteiger partial charge in [0.15, 0.2) is 0 Å². The Balaban J connectivity index is 1.85. The van der Waals surface area contributed by atoms with Gasteiger partial charge < -0.3 is 4.90 Å². The minimum Gasteiger partial charge on any atom is -0.369 e. The summed E-state index contributed by atoms with van der Waals surface area (Å²) in [4.78, 5) is 4.96. The molecule has 0 amide bonds. The van der Waals surface area contributed by atoms with Gasteiger partial charge in [0.05, 0.1) is 0 Å². The van der Waals surface area contributed by atoms with E-state index in [1.54, 1.807) is 12.1 Å². The summed E-state index contributed by atoms with van der Waals surface area (Å²) in [5.74, 6) is 0.423. The summed E-state index contributed by atoms with van der Waals surface area (Å²) in [6.45, 7) is 17.2. The smallest absolute Gasteiger partial charge is 0.125 e. The molecular weight excluding hydrogens is 323 g/mol. The minimum atomic E-state index is -0.103. The summed E-state index contributed by atoms with van der Waals surface area (Å²) < 4.78 is 14.1. The van der Waals surface area contributed by atoms with Crippen molar-refractivity contribution >= 4 is 5.69 Å². The average Bonchev–Trinajstić information content (AvgIpc) is 2.53. The first-order valence-electron chi connectivity index (χ1n) is 10.5. The molecule has 26 heavy (non-hydrogen) atoms. The van der Waals surface area contributed by atoms with Crippen molar-refractivity contribution in [3.63, 3.8) is 0 Å². The van der Waals surface area contributed by atoms with Gasteiger partial charge >= 0.3 is 0 Å². The van der Waals surface area contributed by atoms with Crippen LogP contribution in [0.15, 0.2) is 18.2 Å². The van der Waals surface area contributed by atoms with Crippen molar-refractivity contribution in [1.82, 2.24) is 4.90 Å². The first-order valence-corrected chi connectivity index (χ1v) is 10.5. The van der Waals surface area contributed by atoms with Crippen molar-refractivity contribution in [2.75, 3.05) is 37.6 Å². The average molecular weight is 361 g/mol. The Labute approximate surface area is 159 Å². The van der Waals surface area contributed by atoms with Crippen LogP contribution in [0.1, 0.15) is 71.8 Å². The zero-order valence-electron chi connectivity index (χ0n) is 17.4. The molecule has 0 atom stereocenters. The van der Waals surface area contributed by atoms with Crippen LogP contribution in [0.3, 0.4) is 0 Å². The third-order valence-electron chi connectivity index (χ3n) is 6.24. The molecular formula is C23H37FN2. The van der Waals surface area contributed by atoms with Crippen molar-refractivity contribution in [2.45, 2.75) is 66.2 Å². The highest BCUT2D eigenvalue weighted by Crippen LogP contribution is 2.53. The van der Waals surface area contributed by atoms with Crippen molar-refractivity contribution in [2.24, 2.45) is 10.8 Å². The second-order valence-electron chi connectivity index (χ2n) is 10.1. The molecule has 1 saturated heterocycles. The van der Waals surface area contributed by atoms with Crippen molar-refractivity contribution in [3.8, 4) is 0 Å². The van der Waals surface area contributed by atoms with Crippen molar-refractivity contribution < 1.29 is 4.39 Å². The number of hydrogen-bond donors (Lipinski definition) is 0. The van der Waals surface area contributed by atoms with Crippen LogP contribution in [0.5, 0.6) is 0 Å². The standard InChI is InChI=1S/C23H37FN2/c1-6-9-25-10-12-26(13-11-25)21-14-19(24)7-8-20(21)18-15-22(2,3)17-23(4,5)16-18/h7-8,14,18H,6,9-13,15-17H2,1-5H3. The lowest BCUT2D eigenvalue weighted by atomic mass is 9.60. The molecule has 146 valence electrons. The van der Waals surface area contributed by atoms with E-state index in [-0.39, 0.29) is 5.82 Å². The maximum absolute atomic E-state index is 14.1. The summed E-state index contributed by atoms with van der Waals surface area (Å²) in [6, 6.07) is 5.53. The number of anilines is 1. The largest absolute Gasteiger partial charge is 0.369 e. The van der Waals surface area contributed by atoms with E-state index in [9.17, 15) is 4.39 Å². The Morgan fingerprint density at radius 1 is 1.00 bits per heavy atom. The molecule has 3 heteroatoms. The highest BCUT2D eigenvalue weighted by Gasteiger charge is 2.40. The predicted molar refractivity (Wildman–Crippen MR) is 109 cm³/mol. The van der Waals surface area contributed by atoms with Gasteiger partial charge in [-0.1, -0.05) is 40.7 Å². The Kier molecular flexibility index (Phi) is 5.67. The van der Waals surface area contributed by atoms with Gasteiger partial charge in [-0.15, -0.1) is 0 Å². The second kappa shape index (κ2) is 7.50. The molecule has 2 aliphatic rings. The topological polar surface area (TPSA) is 6.48 Å². The highest BCUT2D eigenvalue weighted by molar-refractivity contribution is 5.56. The first-order chi connectivity index (χ1) is 12.2. The normalized spacial score (nSPS) is 24.0. The number of hydrogen-bond acceptors (Lipinski definition) is 2. The lowest BCUT2D eigenvalue weighted by molar-refractivity contribution is 0.0969. The quantitative estimate of drug-likeness (QED) is 0.682. The molecule has 0 bridgehead atoms. The lowest BCUT2D eigenvalue weighted by Gasteiger charge is -2.46. The summed E-state index contributed by atoms with van der Waals surface area (Å²) in [7, 11) is 0. The molecule has 0 N–H and O–H groups in total. The van der Waals surface area contributed by atoms with Gasteiger partial charge in [-0.25, -0.2) is 4.39 Å². The van der Waals surface area contributed by atoms with Gasteiger partial charge in [-0.05, 0) is 66.7 Å². The molecule has 0 spiro atoms. The number of piperazine rings is 1. The molecule has 0 radical (unpaired) electrons. The van der Waals surface area contributed by atoms with E-state index < -0.39 is 0 Å². The summed E-state index contributed by atoms with van der Waals surface area (Å²) in [6.07, 6.45) is 4.87. The van der Waals surface area contributed by atoms with E-state index in [4.69, 9.17) is 0 Å². The van der Waals surface area contributed by atoms with E-state index in [0.29, 0.717) is 16.7 Å². The van der Waals surface area contributed by atoms with Gasteiger partial charge in [-0.2, -0.15) is 0 Å². The number of rotatable bonds is 4. The fourth-order valence-electron chi connectivity index (χ4n) is 5.73. The van der Waals surface area contributed by atoms with E-state index in [1.807, 2.05) is 0 Å². The molecule has 1 saturated carbocycles. The Bertz CT molecular complexity index is 599. The van der Waals surface area contributed by atoms with Gasteiger partial charge in [0.25, 0.3) is 0 Å². The van der Waals surface area contributed by atoms with Crippen LogP contribution in [0.4, 0.5) is 10.1 Å². The van der Waals surface area contributed by atoms with Gasteiger partial charge in [0, 0.05) is 31.9 Å². The molecule has 2 fully saturated rings. The van der Waals surface area contributed by atoms with Gasteiger partial charge in [0.1, 0.15) is 5.82 Å². The van der Waals surface area contributed by atoms with Gasteiger partial charge in [0.2, 0.25) is 0 Å². The summed E-state index contributed by atoms with van der Waals surface area (Å²) >= 11 is 0. The van der Waals surface area contributed by atoms with E-state index in [2.05, 4.69) is 50.5 Å². The maximum Gasteiger partial charge on any atom is 0.125 e. The zero-order valence-corrected chi connectivity index (χ0v) is 17.4. The summed E-state index contributed by atoms with van der Waals surface area (Å²) in [5, 5.41) is 0. The van der Waals surface area contributed by atoms with Crippen LogP contribution in [0.25, 0.3) is 0 Å². The lowest BCUT2D eigenvalue weighted by Crippen LogP contribution is -2.47. The number of halogens is 1. The van der Waals surface area contributed by atoms with Crippen LogP contribution in [-0.4, -0.2) is 37.6 Å². The molecule has 1 aliphatic carbocycles. The predicted octanol–water partition coefficient (Wildman–Crippen LogP) is 5.68. The number of nitrogens with zero attached hydrogens (tertiary/aromatic N) is 2. The molecule has 1 aromatic rings. The molecule has 1 aliphatic heterocycles. The highest BCUT2D eigenvalue weighted by atomic mass is 19.1. The molecule has 2 nitrogen and oxygen atoms in total. The summed E-state index contributed by atoms with van der Waals surface area (Å²) in [5.41, 5.74) is 3.21. The van der Waals surface area contributed by atoms with Crippen molar-refractivity contribution in [3.05, 3.63) is 29.6 Å². The Morgan fingerprint density at radius 2 is 1.62 bits per heavy atom. The van der Waals surface area contributed by atoms with Crippen LogP contribution in [-0.2, 0) is 0 Å². The zero-order chi connectivity index (χ0) is 18.9. The van der Waals surface area contributed by atoms with E-state index in [1.165, 1.54) is 37.8 Å². The second-order valence-corrected chi connectivity index (χ2v) is 10.1. The molecule has 1 heterocycles. The third-order valence-corrected chi connectivity index (χ3v) is 6.24. The van der Waals surface area contributed by atoms with Crippen LogP contribution >= 0.6 is 0 Å². The molecule has 3 rings (SSSR count). The third kappa shape index (κ3) is 4.60. The molecule has 0 unspecified atom stereocenters. The maximum atomic E-state index is 14.1. The van der Waals surface area contributed by atoms with E-state index >= 15 is 0 Å². The van der Waals surface area contributed by atoms with Crippen LogP contribution < -0.4 is 4.90 Å². The fourth-order valence-corrected chi connectivity index (χ4v) is 5.73. The Hall–Kier alpha value is -1.09. The number of benzene rings is 1. The SMILES string of the molecule is CCCN1CCN(c2cc(F)ccc2C2CC(C)(C)CC(C)(C)C2)CC1. The fraction of sp³-hybridized carbons (Fsp3) is 0.739. The minimum absolute atomic E-state index is 0.103. The van der Waals surface area contributed by atoms with Gasteiger partial charge in [-0.3, -0.25) is 4.90 Å². The molecule has 1 aromatic carbocycles. The van der Waals surface area contributed by atoms with Crippen LogP contribution in [0, 0.1) is 16.6 Å². The van der Waals surface area contributed by atoms with Crippen molar-refractivity contribution in [1.29, 1.82) is 0 Å². The molecule has 0 aromatic heterocycles. The Morgan fingerprint density at radius 3 is 2.19 bits per heavy atom. The van der Waals surface area contributed by atoms with E-state index in [0.717, 1.165) is 31.9 Å². The first kappa shape index (κ1) is 19.7.